The van der Waals surface area contributed by atoms with E-state index in [0.29, 0.717) is 34.0 Å². The summed E-state index contributed by atoms with van der Waals surface area (Å²) in [4.78, 5) is 32.4. The highest BCUT2D eigenvalue weighted by Crippen LogP contribution is 2.27. The number of rotatable bonds is 5. The second-order valence-corrected chi connectivity index (χ2v) is 6.95. The highest BCUT2D eigenvalue weighted by atomic mass is 35.5. The Bertz CT molecular complexity index is 1130. The minimum atomic E-state index is -0.564. The fraction of sp³-hybridized carbons (Fsp3) is 0.263. The molecule has 0 radical (unpaired) electrons. The van der Waals surface area contributed by atoms with E-state index >= 15 is 0 Å². The van der Waals surface area contributed by atoms with Gasteiger partial charge in [0.2, 0.25) is 0 Å². The maximum atomic E-state index is 12.6. The number of cyclic esters (lactones) is 1. The van der Waals surface area contributed by atoms with Gasteiger partial charge in [-0.15, -0.1) is 5.10 Å². The van der Waals surface area contributed by atoms with Crippen LogP contribution in [0, 0.1) is 0 Å². The molecule has 154 valence electrons. The standard InChI is InChI=1S/C19H17ClN6O4/c1-10(11-4-3-7-21-18(11)20)30-16(27)8-15-17(24-25-26(15)2)13-6-5-12-14(22-13)9-29-19(28)23-12/h3-7,10H,8-9H2,1-2H3,(H,23,28)/t10-/m1/s1. The summed E-state index contributed by atoms with van der Waals surface area (Å²) in [7, 11) is 1.68. The predicted molar refractivity (Wildman–Crippen MR) is 105 cm³/mol. The number of amides is 1. The zero-order chi connectivity index (χ0) is 21.3. The van der Waals surface area contributed by atoms with Crippen molar-refractivity contribution in [1.82, 2.24) is 25.0 Å². The molecular formula is C19H17ClN6O4. The van der Waals surface area contributed by atoms with Crippen LogP contribution >= 0.6 is 11.6 Å². The van der Waals surface area contributed by atoms with Crippen molar-refractivity contribution in [2.75, 3.05) is 5.32 Å². The molecule has 1 aliphatic rings. The molecule has 0 spiro atoms. The molecule has 0 aromatic carbocycles. The summed E-state index contributed by atoms with van der Waals surface area (Å²) in [6, 6.07) is 6.88. The monoisotopic (exact) mass is 428 g/mol. The van der Waals surface area contributed by atoms with Crippen LogP contribution in [0.15, 0.2) is 30.5 Å². The molecular weight excluding hydrogens is 412 g/mol. The summed E-state index contributed by atoms with van der Waals surface area (Å²) in [6.07, 6.45) is 0.414. The summed E-state index contributed by atoms with van der Waals surface area (Å²) >= 11 is 6.07. The number of fused-ring (bicyclic) bond motifs is 1. The van der Waals surface area contributed by atoms with Gasteiger partial charge in [-0.2, -0.15) is 0 Å². The van der Waals surface area contributed by atoms with Crippen LogP contribution in [-0.4, -0.2) is 37.0 Å². The lowest BCUT2D eigenvalue weighted by molar-refractivity contribution is -0.147. The Morgan fingerprint density at radius 2 is 2.23 bits per heavy atom. The number of halogens is 1. The highest BCUT2D eigenvalue weighted by Gasteiger charge is 2.23. The van der Waals surface area contributed by atoms with Crippen molar-refractivity contribution in [2.24, 2.45) is 7.05 Å². The Morgan fingerprint density at radius 1 is 1.40 bits per heavy atom. The van der Waals surface area contributed by atoms with Crippen LogP contribution in [-0.2, 0) is 34.3 Å². The van der Waals surface area contributed by atoms with Crippen molar-refractivity contribution < 1.29 is 19.1 Å². The second kappa shape index (κ2) is 8.07. The number of nitrogens with zero attached hydrogens (tertiary/aromatic N) is 5. The molecule has 11 heteroatoms. The highest BCUT2D eigenvalue weighted by molar-refractivity contribution is 6.30. The normalized spacial score (nSPS) is 13.8. The van der Waals surface area contributed by atoms with Crippen molar-refractivity contribution in [3.8, 4) is 11.4 Å². The summed E-state index contributed by atoms with van der Waals surface area (Å²) in [5.74, 6) is -0.470. The lowest BCUT2D eigenvalue weighted by Gasteiger charge is -2.17. The Kier molecular flexibility index (Phi) is 5.32. The molecule has 0 fully saturated rings. The summed E-state index contributed by atoms with van der Waals surface area (Å²) in [6.45, 7) is 1.78. The molecule has 10 nitrogen and oxygen atoms in total. The number of esters is 1. The van der Waals surface area contributed by atoms with E-state index in [1.165, 1.54) is 4.68 Å². The summed E-state index contributed by atoms with van der Waals surface area (Å²) < 4.78 is 12.0. The lowest BCUT2D eigenvalue weighted by Crippen LogP contribution is -2.21. The number of nitrogens with one attached hydrogen (secondary N) is 1. The first-order valence-corrected chi connectivity index (χ1v) is 9.42. The zero-order valence-corrected chi connectivity index (χ0v) is 16.9. The first kappa shape index (κ1) is 19.8. The first-order valence-electron chi connectivity index (χ1n) is 9.05. The van der Waals surface area contributed by atoms with Gasteiger partial charge in [0.05, 0.1) is 23.5 Å². The van der Waals surface area contributed by atoms with Gasteiger partial charge in [-0.25, -0.2) is 14.8 Å². The molecule has 0 bridgehead atoms. The first-order chi connectivity index (χ1) is 14.4. The van der Waals surface area contributed by atoms with Gasteiger partial charge < -0.3 is 9.47 Å². The van der Waals surface area contributed by atoms with Gasteiger partial charge in [0.15, 0.2) is 0 Å². The quantitative estimate of drug-likeness (QED) is 0.486. The van der Waals surface area contributed by atoms with E-state index in [9.17, 15) is 9.59 Å². The smallest absolute Gasteiger partial charge is 0.412 e. The van der Waals surface area contributed by atoms with Crippen molar-refractivity contribution in [3.05, 3.63) is 52.6 Å². The average Bonchev–Trinajstić information content (AvgIpc) is 3.08. The van der Waals surface area contributed by atoms with Crippen molar-refractivity contribution in [1.29, 1.82) is 0 Å². The van der Waals surface area contributed by atoms with E-state index < -0.39 is 18.2 Å². The average molecular weight is 429 g/mol. The maximum Gasteiger partial charge on any atom is 0.412 e. The van der Waals surface area contributed by atoms with Crippen LogP contribution in [0.4, 0.5) is 10.5 Å². The third-order valence-electron chi connectivity index (χ3n) is 4.58. The number of aromatic nitrogens is 5. The lowest BCUT2D eigenvalue weighted by atomic mass is 10.1. The van der Waals surface area contributed by atoms with Crippen molar-refractivity contribution in [3.63, 3.8) is 0 Å². The molecule has 1 amide bonds. The maximum absolute atomic E-state index is 12.6. The van der Waals surface area contributed by atoms with Crippen LogP contribution in [0.5, 0.6) is 0 Å². The number of carbonyl (C=O) groups is 2. The fourth-order valence-electron chi connectivity index (χ4n) is 3.05. The number of aryl methyl sites for hydroxylation is 1. The minimum absolute atomic E-state index is 0.0516. The second-order valence-electron chi connectivity index (χ2n) is 6.59. The number of pyridine rings is 2. The Morgan fingerprint density at radius 3 is 3.03 bits per heavy atom. The zero-order valence-electron chi connectivity index (χ0n) is 16.1. The van der Waals surface area contributed by atoms with Gasteiger partial charge >= 0.3 is 12.1 Å². The minimum Gasteiger partial charge on any atom is -0.457 e. The van der Waals surface area contributed by atoms with Gasteiger partial charge in [-0.3, -0.25) is 14.8 Å². The van der Waals surface area contributed by atoms with Crippen LogP contribution in [0.2, 0.25) is 5.15 Å². The van der Waals surface area contributed by atoms with Crippen LogP contribution in [0.1, 0.15) is 30.0 Å². The third-order valence-corrected chi connectivity index (χ3v) is 4.90. The molecule has 4 heterocycles. The van der Waals surface area contributed by atoms with Crippen molar-refractivity contribution >= 4 is 29.4 Å². The van der Waals surface area contributed by atoms with Crippen LogP contribution < -0.4 is 5.32 Å². The molecule has 0 aliphatic carbocycles. The molecule has 1 N–H and O–H groups in total. The van der Waals surface area contributed by atoms with E-state index in [1.807, 2.05) is 0 Å². The van der Waals surface area contributed by atoms with Crippen LogP contribution in [0.25, 0.3) is 11.4 Å². The van der Waals surface area contributed by atoms with Gasteiger partial charge in [-0.1, -0.05) is 22.9 Å². The molecule has 1 atom stereocenters. The summed E-state index contributed by atoms with van der Waals surface area (Å²) in [5.41, 5.74) is 3.24. The number of hydrogen-bond acceptors (Lipinski definition) is 8. The third kappa shape index (κ3) is 3.94. The number of carbonyl (C=O) groups excluding carboxylic acids is 2. The molecule has 0 saturated heterocycles. The molecule has 4 rings (SSSR count). The largest absolute Gasteiger partial charge is 0.457 e. The van der Waals surface area contributed by atoms with Gasteiger partial charge in [0.25, 0.3) is 0 Å². The van der Waals surface area contributed by atoms with E-state index in [4.69, 9.17) is 21.1 Å². The van der Waals surface area contributed by atoms with Gasteiger partial charge in [-0.05, 0) is 25.1 Å². The van der Waals surface area contributed by atoms with E-state index in [2.05, 4.69) is 25.6 Å². The molecule has 1 aliphatic heterocycles. The summed E-state index contributed by atoms with van der Waals surface area (Å²) in [5, 5.41) is 11.0. The SMILES string of the molecule is C[C@@H](OC(=O)Cc1c(-c2ccc3c(n2)COC(=O)N3)nnn1C)c1cccnc1Cl. The molecule has 3 aromatic rings. The molecule has 0 saturated carbocycles. The fourth-order valence-corrected chi connectivity index (χ4v) is 3.32. The Balaban J connectivity index is 1.54. The Labute approximate surface area is 176 Å². The number of ether oxygens (including phenoxy) is 2. The molecule has 30 heavy (non-hydrogen) atoms. The Hall–Kier alpha value is -3.53. The predicted octanol–water partition coefficient (Wildman–Crippen LogP) is 2.83. The van der Waals surface area contributed by atoms with Crippen molar-refractivity contribution in [2.45, 2.75) is 26.1 Å². The number of anilines is 1. The topological polar surface area (TPSA) is 121 Å². The van der Waals surface area contributed by atoms with E-state index in [-0.39, 0.29) is 18.2 Å². The van der Waals surface area contributed by atoms with E-state index in [0.717, 1.165) is 0 Å². The van der Waals surface area contributed by atoms with Crippen LogP contribution in [0.3, 0.4) is 0 Å². The molecule has 3 aromatic heterocycles. The van der Waals surface area contributed by atoms with Gasteiger partial charge in [0.1, 0.15) is 29.3 Å². The van der Waals surface area contributed by atoms with E-state index in [1.54, 1.807) is 44.4 Å². The van der Waals surface area contributed by atoms with Gasteiger partial charge in [0, 0.05) is 18.8 Å². The number of hydrogen-bond donors (Lipinski definition) is 1. The molecule has 0 unspecified atom stereocenters.